The van der Waals surface area contributed by atoms with E-state index in [4.69, 9.17) is 20.6 Å². The van der Waals surface area contributed by atoms with E-state index in [0.717, 1.165) is 11.3 Å². The highest BCUT2D eigenvalue weighted by Crippen LogP contribution is 2.32. The molecule has 1 N–H and O–H groups in total. The highest BCUT2D eigenvalue weighted by atomic mass is 16.7. The molecule has 5 nitrogen and oxygen atoms in total. The summed E-state index contributed by atoms with van der Waals surface area (Å²) in [5.41, 5.74) is 0.403. The second-order valence-corrected chi connectivity index (χ2v) is 5.76. The number of carbonyl (C=O) groups is 1. The summed E-state index contributed by atoms with van der Waals surface area (Å²) in [6, 6.07) is 5.15. The molecule has 21 heavy (non-hydrogen) atoms. The summed E-state index contributed by atoms with van der Waals surface area (Å²) in [6.07, 6.45) is 5.44. The number of rotatable bonds is 3. The predicted molar refractivity (Wildman–Crippen MR) is 78.3 cm³/mol. The molecule has 1 aromatic carbocycles. The molecular weight excluding hydrogens is 270 g/mol. The fraction of sp³-hybridized carbons (Fsp3) is 0.438. The maximum Gasteiger partial charge on any atom is 0.408 e. The minimum Gasteiger partial charge on any atom is -0.454 e. The Morgan fingerprint density at radius 1 is 1.43 bits per heavy atom. The van der Waals surface area contributed by atoms with E-state index < -0.39 is 17.7 Å². The minimum atomic E-state index is -0.554. The van der Waals surface area contributed by atoms with Crippen LogP contribution >= 0.6 is 0 Å². The Bertz CT molecular complexity index is 569. The first kappa shape index (κ1) is 15.0. The number of carbonyl (C=O) groups excluding carboxylic acids is 1. The Morgan fingerprint density at radius 3 is 2.81 bits per heavy atom. The second kappa shape index (κ2) is 5.96. The average Bonchev–Trinajstić information content (AvgIpc) is 2.83. The van der Waals surface area contributed by atoms with Crippen molar-refractivity contribution >= 4 is 6.09 Å². The minimum absolute atomic E-state index is 0.230. The van der Waals surface area contributed by atoms with Gasteiger partial charge in [-0.3, -0.25) is 0 Å². The number of ether oxygens (including phenoxy) is 3. The lowest BCUT2D eigenvalue weighted by Crippen LogP contribution is -2.39. The van der Waals surface area contributed by atoms with Crippen molar-refractivity contribution in [1.29, 1.82) is 0 Å². The molecule has 1 heterocycles. The lowest BCUT2D eigenvalue weighted by Gasteiger charge is -2.21. The molecule has 1 aliphatic rings. The van der Waals surface area contributed by atoms with Crippen LogP contribution in [0.5, 0.6) is 11.5 Å². The Kier molecular flexibility index (Phi) is 4.27. The van der Waals surface area contributed by atoms with Crippen LogP contribution in [0, 0.1) is 12.3 Å². The van der Waals surface area contributed by atoms with Gasteiger partial charge in [-0.2, -0.15) is 0 Å². The third-order valence-corrected chi connectivity index (χ3v) is 2.77. The van der Waals surface area contributed by atoms with Gasteiger partial charge in [0.1, 0.15) is 5.60 Å². The number of alkyl carbamates (subject to hydrolysis) is 1. The molecule has 1 amide bonds. The molecule has 1 unspecified atom stereocenters. The van der Waals surface area contributed by atoms with Crippen molar-refractivity contribution in [1.82, 2.24) is 5.32 Å². The van der Waals surface area contributed by atoms with E-state index in [1.807, 2.05) is 18.2 Å². The van der Waals surface area contributed by atoms with Crippen LogP contribution in [0.1, 0.15) is 26.3 Å². The van der Waals surface area contributed by atoms with Crippen LogP contribution in [0.25, 0.3) is 0 Å². The lowest BCUT2D eigenvalue weighted by molar-refractivity contribution is 0.0516. The number of terminal acetylenes is 1. The summed E-state index contributed by atoms with van der Waals surface area (Å²) in [7, 11) is 0. The summed E-state index contributed by atoms with van der Waals surface area (Å²) >= 11 is 0. The van der Waals surface area contributed by atoms with Crippen LogP contribution in [0.4, 0.5) is 4.79 Å². The van der Waals surface area contributed by atoms with Crippen LogP contribution < -0.4 is 14.8 Å². The van der Waals surface area contributed by atoms with Crippen LogP contribution in [0.15, 0.2) is 18.2 Å². The Hall–Kier alpha value is -2.35. The van der Waals surface area contributed by atoms with E-state index in [0.29, 0.717) is 12.2 Å². The zero-order valence-electron chi connectivity index (χ0n) is 12.4. The van der Waals surface area contributed by atoms with Crippen molar-refractivity contribution in [2.75, 3.05) is 6.79 Å². The lowest BCUT2D eigenvalue weighted by atomic mass is 10.1. The van der Waals surface area contributed by atoms with Crippen LogP contribution in [-0.2, 0) is 11.2 Å². The van der Waals surface area contributed by atoms with Crippen molar-refractivity contribution in [2.24, 2.45) is 0 Å². The quantitative estimate of drug-likeness (QED) is 0.869. The molecule has 1 aromatic rings. The molecule has 1 atom stereocenters. The largest absolute Gasteiger partial charge is 0.454 e. The van der Waals surface area contributed by atoms with Gasteiger partial charge in [-0.05, 0) is 38.5 Å². The van der Waals surface area contributed by atoms with Crippen LogP contribution in [0.3, 0.4) is 0 Å². The van der Waals surface area contributed by atoms with Crippen molar-refractivity contribution in [2.45, 2.75) is 38.8 Å². The van der Waals surface area contributed by atoms with E-state index in [9.17, 15) is 4.79 Å². The van der Waals surface area contributed by atoms with Gasteiger partial charge in [-0.25, -0.2) is 4.79 Å². The van der Waals surface area contributed by atoms with E-state index in [-0.39, 0.29) is 6.79 Å². The summed E-state index contributed by atoms with van der Waals surface area (Å²) in [5.74, 6) is 3.96. The molecule has 1 aliphatic heterocycles. The molecule has 0 fully saturated rings. The monoisotopic (exact) mass is 289 g/mol. The van der Waals surface area contributed by atoms with Gasteiger partial charge in [0.25, 0.3) is 0 Å². The van der Waals surface area contributed by atoms with E-state index >= 15 is 0 Å². The average molecular weight is 289 g/mol. The summed E-state index contributed by atoms with van der Waals surface area (Å²) < 4.78 is 15.8. The van der Waals surface area contributed by atoms with Crippen LogP contribution in [0.2, 0.25) is 0 Å². The standard InChI is InChI=1S/C16H19NO4/c1-5-12(17-15(18)21-16(2,3)4)8-11-6-7-13-14(9-11)20-10-19-13/h1,6-7,9,12H,8,10H2,2-4H3,(H,17,18). The number of amides is 1. The normalized spacial score (nSPS) is 14.2. The van der Waals surface area contributed by atoms with Crippen molar-refractivity contribution < 1.29 is 19.0 Å². The van der Waals surface area contributed by atoms with E-state index in [1.54, 1.807) is 20.8 Å². The maximum atomic E-state index is 11.7. The topological polar surface area (TPSA) is 56.8 Å². The smallest absolute Gasteiger partial charge is 0.408 e. The molecule has 5 heteroatoms. The number of nitrogens with one attached hydrogen (secondary N) is 1. The van der Waals surface area contributed by atoms with Gasteiger partial charge in [0.05, 0.1) is 6.04 Å². The Morgan fingerprint density at radius 2 is 2.14 bits per heavy atom. The maximum absolute atomic E-state index is 11.7. The van der Waals surface area contributed by atoms with E-state index in [2.05, 4.69) is 11.2 Å². The zero-order chi connectivity index (χ0) is 15.5. The van der Waals surface area contributed by atoms with Gasteiger partial charge in [0.2, 0.25) is 6.79 Å². The molecular formula is C16H19NO4. The van der Waals surface area contributed by atoms with Gasteiger partial charge in [0.15, 0.2) is 11.5 Å². The molecule has 0 radical (unpaired) electrons. The Balaban J connectivity index is 1.96. The first-order chi connectivity index (χ1) is 9.87. The molecule has 2 rings (SSSR count). The van der Waals surface area contributed by atoms with Gasteiger partial charge in [-0.1, -0.05) is 12.0 Å². The zero-order valence-corrected chi connectivity index (χ0v) is 12.4. The Labute approximate surface area is 124 Å². The van der Waals surface area contributed by atoms with Crippen LogP contribution in [-0.4, -0.2) is 24.5 Å². The predicted octanol–water partition coefficient (Wildman–Crippen LogP) is 2.48. The number of hydrogen-bond acceptors (Lipinski definition) is 4. The van der Waals surface area contributed by atoms with Crippen molar-refractivity contribution in [3.63, 3.8) is 0 Å². The molecule has 112 valence electrons. The van der Waals surface area contributed by atoms with E-state index in [1.165, 1.54) is 0 Å². The van der Waals surface area contributed by atoms with Crippen molar-refractivity contribution in [3.8, 4) is 23.8 Å². The fourth-order valence-corrected chi connectivity index (χ4v) is 1.91. The first-order valence-electron chi connectivity index (χ1n) is 6.71. The number of benzene rings is 1. The van der Waals surface area contributed by atoms with Gasteiger partial charge in [0, 0.05) is 6.42 Å². The number of hydrogen-bond donors (Lipinski definition) is 1. The van der Waals surface area contributed by atoms with Gasteiger partial charge in [-0.15, -0.1) is 6.42 Å². The highest BCUT2D eigenvalue weighted by molar-refractivity contribution is 5.68. The molecule has 0 aromatic heterocycles. The van der Waals surface area contributed by atoms with Crippen molar-refractivity contribution in [3.05, 3.63) is 23.8 Å². The molecule has 0 saturated heterocycles. The third kappa shape index (κ3) is 4.32. The summed E-state index contributed by atoms with van der Waals surface area (Å²) in [6.45, 7) is 5.63. The summed E-state index contributed by atoms with van der Waals surface area (Å²) in [4.78, 5) is 11.7. The molecule has 0 bridgehead atoms. The molecule has 0 saturated carbocycles. The third-order valence-electron chi connectivity index (χ3n) is 2.77. The second-order valence-electron chi connectivity index (χ2n) is 5.76. The van der Waals surface area contributed by atoms with Gasteiger partial charge >= 0.3 is 6.09 Å². The molecule has 0 spiro atoms. The molecule has 0 aliphatic carbocycles. The number of fused-ring (bicyclic) bond motifs is 1. The SMILES string of the molecule is C#CC(Cc1ccc2c(c1)OCO2)NC(=O)OC(C)(C)C. The summed E-state index contributed by atoms with van der Waals surface area (Å²) in [5, 5.41) is 2.67. The highest BCUT2D eigenvalue weighted by Gasteiger charge is 2.19. The van der Waals surface area contributed by atoms with Gasteiger partial charge < -0.3 is 19.5 Å². The first-order valence-corrected chi connectivity index (χ1v) is 6.71. The fourth-order valence-electron chi connectivity index (χ4n) is 1.91.